The zero-order valence-electron chi connectivity index (χ0n) is 13.8. The Kier molecular flexibility index (Phi) is 5.30. The molecular weight excluding hydrogens is 292 g/mol. The zero-order valence-corrected chi connectivity index (χ0v) is 13.8. The molecule has 2 N–H and O–H groups in total. The van der Waals surface area contributed by atoms with Gasteiger partial charge in [-0.1, -0.05) is 24.3 Å². The van der Waals surface area contributed by atoms with E-state index in [-0.39, 0.29) is 17.4 Å². The van der Waals surface area contributed by atoms with Crippen LogP contribution in [-0.2, 0) is 19.7 Å². The van der Waals surface area contributed by atoms with Gasteiger partial charge in [0.05, 0.1) is 13.2 Å². The molecular formula is C18H26N2O3. The number of hydrogen-bond donors (Lipinski definition) is 2. The van der Waals surface area contributed by atoms with Crippen molar-refractivity contribution in [3.63, 3.8) is 0 Å². The van der Waals surface area contributed by atoms with Crippen LogP contribution in [-0.4, -0.2) is 51.5 Å². The Balaban J connectivity index is 1.72. The summed E-state index contributed by atoms with van der Waals surface area (Å²) in [7, 11) is 0. The molecule has 1 amide bonds. The minimum Gasteiger partial charge on any atom is -0.381 e. The Morgan fingerprint density at radius 3 is 2.74 bits per heavy atom. The van der Waals surface area contributed by atoms with E-state index in [2.05, 4.69) is 41.8 Å². The first-order chi connectivity index (χ1) is 11.2. The normalized spacial score (nSPS) is 24.1. The third-order valence-electron chi connectivity index (χ3n) is 5.01. The highest BCUT2D eigenvalue weighted by atomic mass is 16.5. The van der Waals surface area contributed by atoms with Crippen LogP contribution in [0.15, 0.2) is 24.3 Å². The van der Waals surface area contributed by atoms with Crippen molar-refractivity contribution in [2.24, 2.45) is 0 Å². The van der Waals surface area contributed by atoms with Gasteiger partial charge in [0.2, 0.25) is 5.91 Å². The van der Waals surface area contributed by atoms with E-state index in [1.165, 1.54) is 11.1 Å². The van der Waals surface area contributed by atoms with Crippen LogP contribution in [0.3, 0.4) is 0 Å². The lowest BCUT2D eigenvalue weighted by atomic mass is 9.72. The third-order valence-corrected chi connectivity index (χ3v) is 5.01. The van der Waals surface area contributed by atoms with Crippen molar-refractivity contribution in [3.8, 4) is 0 Å². The lowest BCUT2D eigenvalue weighted by molar-refractivity contribution is -0.126. The molecule has 2 fully saturated rings. The second kappa shape index (κ2) is 7.43. The number of ether oxygens (including phenoxy) is 2. The molecule has 0 aliphatic carbocycles. The van der Waals surface area contributed by atoms with Crippen molar-refractivity contribution >= 4 is 5.91 Å². The molecule has 1 unspecified atom stereocenters. The molecule has 2 aliphatic heterocycles. The summed E-state index contributed by atoms with van der Waals surface area (Å²) in [5, 5.41) is 6.36. The summed E-state index contributed by atoms with van der Waals surface area (Å²) in [5.74, 6) is 0.0316. The van der Waals surface area contributed by atoms with Crippen molar-refractivity contribution in [3.05, 3.63) is 35.4 Å². The van der Waals surface area contributed by atoms with Gasteiger partial charge < -0.3 is 20.1 Å². The Bertz CT molecular complexity index is 535. The highest BCUT2D eigenvalue weighted by molar-refractivity contribution is 5.82. The van der Waals surface area contributed by atoms with Gasteiger partial charge in [0, 0.05) is 31.7 Å². The highest BCUT2D eigenvalue weighted by Crippen LogP contribution is 2.36. The standard InChI is InChI=1S/C18H26N2O3/c1-14-4-2-3-5-15(14)18(6-9-22-10-7-18)13-20-17(21)16-12-23-11-8-19-16/h2-5,16,19H,6-13H2,1H3,(H,20,21). The fraction of sp³-hybridized carbons (Fsp3) is 0.611. The molecule has 0 spiro atoms. The maximum absolute atomic E-state index is 12.4. The summed E-state index contributed by atoms with van der Waals surface area (Å²) in [4.78, 5) is 12.4. The van der Waals surface area contributed by atoms with Gasteiger partial charge in [-0.05, 0) is 30.9 Å². The molecule has 126 valence electrons. The van der Waals surface area contributed by atoms with Crippen molar-refractivity contribution < 1.29 is 14.3 Å². The fourth-order valence-corrected chi connectivity index (χ4v) is 3.58. The molecule has 2 heterocycles. The predicted octanol–water partition coefficient (Wildman–Crippen LogP) is 1.15. The van der Waals surface area contributed by atoms with Gasteiger partial charge in [0.1, 0.15) is 6.04 Å². The third kappa shape index (κ3) is 3.74. The summed E-state index contributed by atoms with van der Waals surface area (Å²) in [6.45, 7) is 6.14. The molecule has 0 saturated carbocycles. The highest BCUT2D eigenvalue weighted by Gasteiger charge is 2.36. The molecule has 3 rings (SSSR count). The van der Waals surface area contributed by atoms with E-state index >= 15 is 0 Å². The van der Waals surface area contributed by atoms with E-state index in [4.69, 9.17) is 9.47 Å². The van der Waals surface area contributed by atoms with Gasteiger partial charge in [0.25, 0.3) is 0 Å². The van der Waals surface area contributed by atoms with Crippen molar-refractivity contribution in [1.29, 1.82) is 0 Å². The Labute approximate surface area is 137 Å². The monoisotopic (exact) mass is 318 g/mol. The molecule has 1 aromatic rings. The second-order valence-corrected chi connectivity index (χ2v) is 6.51. The van der Waals surface area contributed by atoms with Crippen LogP contribution in [0.2, 0.25) is 0 Å². The number of morpholine rings is 1. The SMILES string of the molecule is Cc1ccccc1C1(CNC(=O)C2COCCN2)CCOCC1. The Hall–Kier alpha value is -1.43. The molecule has 5 nitrogen and oxygen atoms in total. The van der Waals surface area contributed by atoms with Gasteiger partial charge in [-0.15, -0.1) is 0 Å². The molecule has 2 saturated heterocycles. The van der Waals surface area contributed by atoms with Gasteiger partial charge in [-0.25, -0.2) is 0 Å². The van der Waals surface area contributed by atoms with Gasteiger partial charge >= 0.3 is 0 Å². The first kappa shape index (κ1) is 16.4. The van der Waals surface area contributed by atoms with Crippen LogP contribution in [0.5, 0.6) is 0 Å². The summed E-state index contributed by atoms with van der Waals surface area (Å²) < 4.78 is 10.9. The van der Waals surface area contributed by atoms with Gasteiger partial charge in [-0.2, -0.15) is 0 Å². The van der Waals surface area contributed by atoms with E-state index in [0.29, 0.717) is 19.8 Å². The quantitative estimate of drug-likeness (QED) is 0.874. The molecule has 2 aliphatic rings. The van der Waals surface area contributed by atoms with Crippen molar-refractivity contribution in [1.82, 2.24) is 10.6 Å². The summed E-state index contributed by atoms with van der Waals surface area (Å²) in [6, 6.07) is 8.24. The van der Waals surface area contributed by atoms with Crippen LogP contribution in [0.4, 0.5) is 0 Å². The Morgan fingerprint density at radius 1 is 1.26 bits per heavy atom. The topological polar surface area (TPSA) is 59.6 Å². The number of aryl methyl sites for hydroxylation is 1. The van der Waals surface area contributed by atoms with E-state index < -0.39 is 0 Å². The molecule has 23 heavy (non-hydrogen) atoms. The fourth-order valence-electron chi connectivity index (χ4n) is 3.58. The number of carbonyl (C=O) groups is 1. The maximum atomic E-state index is 12.4. The Morgan fingerprint density at radius 2 is 2.04 bits per heavy atom. The van der Waals surface area contributed by atoms with Gasteiger partial charge in [-0.3, -0.25) is 4.79 Å². The molecule has 1 atom stereocenters. The first-order valence-electron chi connectivity index (χ1n) is 8.44. The van der Waals surface area contributed by atoms with E-state index in [1.54, 1.807) is 0 Å². The first-order valence-corrected chi connectivity index (χ1v) is 8.44. The van der Waals surface area contributed by atoms with Crippen LogP contribution in [0.1, 0.15) is 24.0 Å². The average Bonchev–Trinajstić information content (AvgIpc) is 2.61. The maximum Gasteiger partial charge on any atom is 0.239 e. The molecule has 1 aromatic carbocycles. The second-order valence-electron chi connectivity index (χ2n) is 6.51. The van der Waals surface area contributed by atoms with Crippen molar-refractivity contribution in [2.45, 2.75) is 31.2 Å². The molecule has 0 aromatic heterocycles. The minimum atomic E-state index is -0.238. The predicted molar refractivity (Wildman–Crippen MR) is 88.5 cm³/mol. The molecule has 5 heteroatoms. The van der Waals surface area contributed by atoms with E-state index in [9.17, 15) is 4.79 Å². The smallest absolute Gasteiger partial charge is 0.239 e. The lowest BCUT2D eigenvalue weighted by Crippen LogP contribution is -2.54. The zero-order chi connectivity index (χ0) is 16.1. The van der Waals surface area contributed by atoms with Crippen molar-refractivity contribution in [2.75, 3.05) is 39.5 Å². The largest absolute Gasteiger partial charge is 0.381 e. The number of hydrogen-bond acceptors (Lipinski definition) is 4. The van der Waals surface area contributed by atoms with Crippen LogP contribution in [0.25, 0.3) is 0 Å². The number of amides is 1. The van der Waals surface area contributed by atoms with Crippen LogP contribution >= 0.6 is 0 Å². The van der Waals surface area contributed by atoms with E-state index in [1.807, 2.05) is 0 Å². The number of rotatable bonds is 4. The summed E-state index contributed by atoms with van der Waals surface area (Å²) >= 11 is 0. The molecule has 0 radical (unpaired) electrons. The number of benzene rings is 1. The van der Waals surface area contributed by atoms with E-state index in [0.717, 1.165) is 32.6 Å². The van der Waals surface area contributed by atoms with Gasteiger partial charge in [0.15, 0.2) is 0 Å². The summed E-state index contributed by atoms with van der Waals surface area (Å²) in [6.07, 6.45) is 1.87. The lowest BCUT2D eigenvalue weighted by Gasteiger charge is -2.39. The summed E-state index contributed by atoms with van der Waals surface area (Å²) in [5.41, 5.74) is 2.58. The average molecular weight is 318 g/mol. The van der Waals surface area contributed by atoms with Crippen LogP contribution < -0.4 is 10.6 Å². The number of nitrogens with one attached hydrogen (secondary N) is 2. The number of carbonyl (C=O) groups excluding carboxylic acids is 1. The minimum absolute atomic E-state index is 0.0316. The van der Waals surface area contributed by atoms with Crippen LogP contribution in [0, 0.1) is 6.92 Å². The molecule has 0 bridgehead atoms.